The SMILES string of the molecule is O=C(O)CCc1ccc([N+](=O)[O-])cc1C(O)C(=O)O. The van der Waals surface area contributed by atoms with E-state index in [4.69, 9.17) is 10.2 Å². The maximum atomic E-state index is 10.7. The van der Waals surface area contributed by atoms with Crippen LogP contribution in [0.2, 0.25) is 0 Å². The minimum Gasteiger partial charge on any atom is -0.481 e. The highest BCUT2D eigenvalue weighted by atomic mass is 16.6. The van der Waals surface area contributed by atoms with Gasteiger partial charge in [-0.15, -0.1) is 0 Å². The Morgan fingerprint density at radius 1 is 1.32 bits per heavy atom. The van der Waals surface area contributed by atoms with Crippen LogP contribution in [0.25, 0.3) is 0 Å². The highest BCUT2D eigenvalue weighted by Gasteiger charge is 2.22. The molecular formula is C11H11NO7. The molecule has 0 heterocycles. The lowest BCUT2D eigenvalue weighted by molar-refractivity contribution is -0.385. The van der Waals surface area contributed by atoms with E-state index in [-0.39, 0.29) is 29.7 Å². The number of aliphatic carboxylic acids is 2. The lowest BCUT2D eigenvalue weighted by atomic mass is 9.98. The summed E-state index contributed by atoms with van der Waals surface area (Å²) >= 11 is 0. The van der Waals surface area contributed by atoms with Crippen molar-refractivity contribution in [1.29, 1.82) is 0 Å². The van der Waals surface area contributed by atoms with Crippen molar-refractivity contribution in [2.45, 2.75) is 18.9 Å². The van der Waals surface area contributed by atoms with Crippen molar-refractivity contribution in [2.75, 3.05) is 0 Å². The number of benzene rings is 1. The van der Waals surface area contributed by atoms with E-state index in [2.05, 4.69) is 0 Å². The van der Waals surface area contributed by atoms with Crippen LogP contribution in [-0.2, 0) is 16.0 Å². The zero-order chi connectivity index (χ0) is 14.6. The highest BCUT2D eigenvalue weighted by molar-refractivity contribution is 5.75. The van der Waals surface area contributed by atoms with Crippen LogP contribution in [0.1, 0.15) is 23.7 Å². The Morgan fingerprint density at radius 3 is 2.42 bits per heavy atom. The molecule has 0 aliphatic carbocycles. The van der Waals surface area contributed by atoms with Crippen LogP contribution in [0, 0.1) is 10.1 Å². The first-order valence-electron chi connectivity index (χ1n) is 5.22. The summed E-state index contributed by atoms with van der Waals surface area (Å²) in [6, 6.07) is 3.33. The molecule has 0 saturated carbocycles. The molecule has 0 radical (unpaired) electrons. The topological polar surface area (TPSA) is 138 Å². The molecule has 0 aromatic heterocycles. The number of nitro groups is 1. The molecule has 8 heteroatoms. The summed E-state index contributed by atoms with van der Waals surface area (Å²) < 4.78 is 0. The van der Waals surface area contributed by atoms with Crippen LogP contribution in [-0.4, -0.2) is 32.2 Å². The van der Waals surface area contributed by atoms with Crippen LogP contribution in [0.15, 0.2) is 18.2 Å². The normalized spacial score (nSPS) is 11.8. The minimum absolute atomic E-state index is 0.0208. The molecule has 1 unspecified atom stereocenters. The number of carboxylic acid groups (broad SMARTS) is 2. The number of rotatable bonds is 6. The van der Waals surface area contributed by atoms with Crippen LogP contribution in [0.4, 0.5) is 5.69 Å². The second-order valence-corrected chi connectivity index (χ2v) is 3.77. The Morgan fingerprint density at radius 2 is 1.95 bits per heavy atom. The van der Waals surface area contributed by atoms with E-state index in [0.29, 0.717) is 0 Å². The van der Waals surface area contributed by atoms with Crippen LogP contribution in [0.5, 0.6) is 0 Å². The summed E-state index contributed by atoms with van der Waals surface area (Å²) in [5.74, 6) is -2.65. The number of nitro benzene ring substituents is 1. The zero-order valence-electron chi connectivity index (χ0n) is 9.65. The van der Waals surface area contributed by atoms with E-state index in [1.54, 1.807) is 0 Å². The molecule has 19 heavy (non-hydrogen) atoms. The third kappa shape index (κ3) is 3.75. The van der Waals surface area contributed by atoms with Crippen molar-refractivity contribution >= 4 is 17.6 Å². The Kier molecular flexibility index (Phi) is 4.54. The molecule has 0 aliphatic heterocycles. The number of non-ortho nitro benzene ring substituents is 1. The summed E-state index contributed by atoms with van der Waals surface area (Å²) in [5.41, 5.74) is -0.278. The second-order valence-electron chi connectivity index (χ2n) is 3.77. The average Bonchev–Trinajstić information content (AvgIpc) is 2.34. The van der Waals surface area contributed by atoms with Gasteiger partial charge >= 0.3 is 11.9 Å². The van der Waals surface area contributed by atoms with E-state index < -0.39 is 23.0 Å². The molecule has 0 bridgehead atoms. The van der Waals surface area contributed by atoms with Crippen LogP contribution in [0.3, 0.4) is 0 Å². The number of aryl methyl sites for hydroxylation is 1. The predicted octanol–water partition coefficient (Wildman–Crippen LogP) is 0.730. The highest BCUT2D eigenvalue weighted by Crippen LogP contribution is 2.25. The summed E-state index contributed by atoms with van der Waals surface area (Å²) in [4.78, 5) is 31.1. The minimum atomic E-state index is -1.93. The third-order valence-electron chi connectivity index (χ3n) is 2.48. The maximum absolute atomic E-state index is 10.7. The number of nitrogens with zero attached hydrogens (tertiary/aromatic N) is 1. The fourth-order valence-corrected chi connectivity index (χ4v) is 1.55. The Bertz CT molecular complexity index is 526. The van der Waals surface area contributed by atoms with Gasteiger partial charge in [0.15, 0.2) is 6.10 Å². The molecule has 1 aromatic rings. The molecular weight excluding hydrogens is 258 g/mol. The first-order valence-corrected chi connectivity index (χ1v) is 5.22. The van der Waals surface area contributed by atoms with Gasteiger partial charge in [-0.2, -0.15) is 0 Å². The van der Waals surface area contributed by atoms with Gasteiger partial charge in [-0.25, -0.2) is 4.79 Å². The van der Waals surface area contributed by atoms with Gasteiger partial charge in [0.05, 0.1) is 4.92 Å². The number of carbonyl (C=O) groups is 2. The van der Waals surface area contributed by atoms with Gasteiger partial charge in [0.2, 0.25) is 0 Å². The molecule has 0 saturated heterocycles. The van der Waals surface area contributed by atoms with E-state index in [1.165, 1.54) is 6.07 Å². The lowest BCUT2D eigenvalue weighted by Crippen LogP contribution is -2.13. The first kappa shape index (κ1) is 14.6. The Labute approximate surface area is 107 Å². The van der Waals surface area contributed by atoms with Gasteiger partial charge in [0, 0.05) is 24.1 Å². The number of hydrogen-bond acceptors (Lipinski definition) is 5. The standard InChI is InChI=1S/C11H11NO7/c13-9(14)4-2-6-1-3-7(12(18)19)5-8(6)10(15)11(16)17/h1,3,5,10,15H,2,4H2,(H,13,14)(H,16,17). The van der Waals surface area contributed by atoms with Crippen LogP contribution < -0.4 is 0 Å². The molecule has 0 fully saturated rings. The lowest BCUT2D eigenvalue weighted by Gasteiger charge is -2.11. The summed E-state index contributed by atoms with van der Waals surface area (Å²) in [6.07, 6.45) is -2.21. The Hall–Kier alpha value is -2.48. The molecule has 1 atom stereocenters. The number of aliphatic hydroxyl groups is 1. The monoisotopic (exact) mass is 269 g/mol. The van der Waals surface area contributed by atoms with Crippen molar-refractivity contribution in [3.05, 3.63) is 39.4 Å². The largest absolute Gasteiger partial charge is 0.481 e. The predicted molar refractivity (Wildman–Crippen MR) is 61.6 cm³/mol. The van der Waals surface area contributed by atoms with Crippen molar-refractivity contribution in [3.63, 3.8) is 0 Å². The number of aliphatic hydroxyl groups excluding tert-OH is 1. The van der Waals surface area contributed by atoms with Gasteiger partial charge in [-0.3, -0.25) is 14.9 Å². The Balaban J connectivity index is 3.18. The van der Waals surface area contributed by atoms with Crippen LogP contribution >= 0.6 is 0 Å². The molecule has 1 aromatic carbocycles. The molecule has 1 rings (SSSR count). The molecule has 8 nitrogen and oxygen atoms in total. The fourth-order valence-electron chi connectivity index (χ4n) is 1.55. The van der Waals surface area contributed by atoms with E-state index in [9.17, 15) is 24.8 Å². The molecule has 3 N–H and O–H groups in total. The summed E-state index contributed by atoms with van der Waals surface area (Å²) in [7, 11) is 0. The molecule has 102 valence electrons. The average molecular weight is 269 g/mol. The quantitative estimate of drug-likeness (QED) is 0.511. The molecule has 0 spiro atoms. The first-order chi connectivity index (χ1) is 8.82. The van der Waals surface area contributed by atoms with Crippen molar-refractivity contribution in [3.8, 4) is 0 Å². The molecule has 0 amide bonds. The molecule has 0 aliphatic rings. The third-order valence-corrected chi connectivity index (χ3v) is 2.48. The van der Waals surface area contributed by atoms with Gasteiger partial charge in [0.25, 0.3) is 5.69 Å². The summed E-state index contributed by atoms with van der Waals surface area (Å²) in [5, 5.41) is 37.4. The smallest absolute Gasteiger partial charge is 0.337 e. The van der Waals surface area contributed by atoms with Crippen molar-refractivity contribution in [1.82, 2.24) is 0 Å². The zero-order valence-corrected chi connectivity index (χ0v) is 9.65. The number of hydrogen-bond donors (Lipinski definition) is 3. The fraction of sp³-hybridized carbons (Fsp3) is 0.273. The second kappa shape index (κ2) is 5.91. The number of carboxylic acids is 2. The van der Waals surface area contributed by atoms with Gasteiger partial charge < -0.3 is 15.3 Å². The van der Waals surface area contributed by atoms with Crippen molar-refractivity contribution in [2.24, 2.45) is 0 Å². The van der Waals surface area contributed by atoms with Gasteiger partial charge in [-0.1, -0.05) is 6.07 Å². The van der Waals surface area contributed by atoms with Crippen molar-refractivity contribution < 1.29 is 29.8 Å². The van der Waals surface area contributed by atoms with Gasteiger partial charge in [-0.05, 0) is 12.0 Å². The van der Waals surface area contributed by atoms with Gasteiger partial charge in [0.1, 0.15) is 0 Å². The van der Waals surface area contributed by atoms with E-state index in [1.807, 2.05) is 0 Å². The summed E-state index contributed by atoms with van der Waals surface area (Å²) in [6.45, 7) is 0. The van der Waals surface area contributed by atoms with E-state index >= 15 is 0 Å². The maximum Gasteiger partial charge on any atom is 0.337 e. The van der Waals surface area contributed by atoms with E-state index in [0.717, 1.165) is 12.1 Å².